The topological polar surface area (TPSA) is 32.7 Å². The summed E-state index contributed by atoms with van der Waals surface area (Å²) in [7, 11) is 0. The molecule has 0 amide bonds. The van der Waals surface area contributed by atoms with Crippen LogP contribution in [0, 0.1) is 6.92 Å². The number of benzene rings is 1. The fourth-order valence-corrected chi connectivity index (χ4v) is 3.53. The van der Waals surface area contributed by atoms with Gasteiger partial charge in [-0.3, -0.25) is 0 Å². The Balaban J connectivity index is 1.99. The van der Waals surface area contributed by atoms with Crippen LogP contribution in [-0.2, 0) is 0 Å². The van der Waals surface area contributed by atoms with E-state index in [-0.39, 0.29) is 0 Å². The lowest BCUT2D eigenvalue weighted by molar-refractivity contribution is 0.0994. The first-order valence-corrected chi connectivity index (χ1v) is 9.31. The molecule has 1 N–H and O–H groups in total. The van der Waals surface area contributed by atoms with Crippen molar-refractivity contribution in [2.75, 3.05) is 19.7 Å². The van der Waals surface area contributed by atoms with Crippen molar-refractivity contribution in [1.82, 2.24) is 4.90 Å². The van der Waals surface area contributed by atoms with Crippen LogP contribution < -0.4 is 4.74 Å². The predicted octanol–water partition coefficient (Wildman–Crippen LogP) is 4.47. The highest BCUT2D eigenvalue weighted by atomic mass is 16.5. The van der Waals surface area contributed by atoms with E-state index in [1.165, 1.54) is 37.8 Å². The van der Waals surface area contributed by atoms with Gasteiger partial charge >= 0.3 is 0 Å². The van der Waals surface area contributed by atoms with Gasteiger partial charge < -0.3 is 14.7 Å². The Labute approximate surface area is 141 Å². The fraction of sp³-hybridized carbons (Fsp3) is 0.700. The molecule has 0 aromatic heterocycles. The number of hydrogen-bond donors (Lipinski definition) is 1. The van der Waals surface area contributed by atoms with Crippen molar-refractivity contribution in [3.05, 3.63) is 29.3 Å². The normalized spacial score (nSPS) is 20.4. The summed E-state index contributed by atoms with van der Waals surface area (Å²) in [4.78, 5) is 2.56. The van der Waals surface area contributed by atoms with E-state index >= 15 is 0 Å². The van der Waals surface area contributed by atoms with Crippen LogP contribution in [0.5, 0.6) is 5.75 Å². The van der Waals surface area contributed by atoms with Gasteiger partial charge in [-0.05, 0) is 57.7 Å². The minimum absolute atomic E-state index is 0.443. The Morgan fingerprint density at radius 3 is 2.87 bits per heavy atom. The van der Waals surface area contributed by atoms with E-state index in [2.05, 4.69) is 37.8 Å². The smallest absolute Gasteiger partial charge is 0.125 e. The molecule has 2 unspecified atom stereocenters. The van der Waals surface area contributed by atoms with Crippen LogP contribution in [0.2, 0.25) is 0 Å². The van der Waals surface area contributed by atoms with Gasteiger partial charge in [0, 0.05) is 18.2 Å². The summed E-state index contributed by atoms with van der Waals surface area (Å²) in [5.41, 5.74) is 2.12. The Kier molecular flexibility index (Phi) is 7.38. The average molecular weight is 319 g/mol. The first-order chi connectivity index (χ1) is 11.2. The monoisotopic (exact) mass is 319 g/mol. The molecule has 1 aromatic carbocycles. The molecule has 1 aliphatic heterocycles. The summed E-state index contributed by atoms with van der Waals surface area (Å²) in [5.74, 6) is 0.843. The summed E-state index contributed by atoms with van der Waals surface area (Å²) in [6.07, 6.45) is 6.48. The van der Waals surface area contributed by atoms with Gasteiger partial charge in [-0.2, -0.15) is 0 Å². The van der Waals surface area contributed by atoms with Crippen molar-refractivity contribution >= 4 is 0 Å². The van der Waals surface area contributed by atoms with E-state index in [0.29, 0.717) is 12.6 Å². The Morgan fingerprint density at radius 2 is 2.13 bits per heavy atom. The van der Waals surface area contributed by atoms with Crippen molar-refractivity contribution in [3.63, 3.8) is 0 Å². The molecule has 1 aliphatic rings. The summed E-state index contributed by atoms with van der Waals surface area (Å²) < 4.78 is 5.82. The Hall–Kier alpha value is -1.06. The highest BCUT2D eigenvalue weighted by Crippen LogP contribution is 2.30. The van der Waals surface area contributed by atoms with Gasteiger partial charge in [0.1, 0.15) is 5.75 Å². The number of rotatable bonds is 8. The lowest BCUT2D eigenvalue weighted by Gasteiger charge is -2.35. The Morgan fingerprint density at radius 1 is 1.30 bits per heavy atom. The predicted molar refractivity (Wildman–Crippen MR) is 96.0 cm³/mol. The molecule has 1 heterocycles. The molecule has 0 radical (unpaired) electrons. The first kappa shape index (κ1) is 18.3. The second-order valence-corrected chi connectivity index (χ2v) is 6.79. The molecular formula is C20H33NO2. The van der Waals surface area contributed by atoms with Gasteiger partial charge in [-0.1, -0.05) is 31.9 Å². The zero-order valence-corrected chi connectivity index (χ0v) is 15.1. The molecule has 3 nitrogen and oxygen atoms in total. The third-order valence-corrected chi connectivity index (χ3v) is 4.90. The molecule has 2 rings (SSSR count). The molecule has 0 aliphatic carbocycles. The van der Waals surface area contributed by atoms with Crippen LogP contribution in [0.3, 0.4) is 0 Å². The van der Waals surface area contributed by atoms with E-state index in [9.17, 15) is 5.11 Å². The molecule has 130 valence electrons. The van der Waals surface area contributed by atoms with E-state index < -0.39 is 6.10 Å². The van der Waals surface area contributed by atoms with E-state index in [0.717, 1.165) is 30.7 Å². The number of piperidine rings is 1. The number of nitrogens with zero attached hydrogens (tertiary/aromatic N) is 1. The number of likely N-dealkylation sites (tertiary alicyclic amines) is 1. The van der Waals surface area contributed by atoms with Crippen LogP contribution in [-0.4, -0.2) is 35.7 Å². The quantitative estimate of drug-likeness (QED) is 0.767. The van der Waals surface area contributed by atoms with E-state index in [1.54, 1.807) is 0 Å². The maximum atomic E-state index is 10.7. The van der Waals surface area contributed by atoms with Gasteiger partial charge in [0.05, 0.1) is 12.7 Å². The zero-order valence-electron chi connectivity index (χ0n) is 15.1. The van der Waals surface area contributed by atoms with Crippen molar-refractivity contribution in [3.8, 4) is 5.75 Å². The molecule has 2 atom stereocenters. The number of aryl methyl sites for hydroxylation is 1. The minimum Gasteiger partial charge on any atom is -0.493 e. The molecule has 1 saturated heterocycles. The van der Waals surface area contributed by atoms with Gasteiger partial charge in [-0.15, -0.1) is 0 Å². The highest BCUT2D eigenvalue weighted by molar-refractivity contribution is 5.38. The lowest BCUT2D eigenvalue weighted by Crippen LogP contribution is -2.40. The summed E-state index contributed by atoms with van der Waals surface area (Å²) in [5, 5.41) is 10.7. The SMILES string of the molecule is CCCOc1ccc(C)cc1C(O)CCN1CCCCC1CC. The molecule has 3 heteroatoms. The van der Waals surface area contributed by atoms with Gasteiger partial charge in [0.2, 0.25) is 0 Å². The van der Waals surface area contributed by atoms with Crippen LogP contribution in [0.25, 0.3) is 0 Å². The van der Waals surface area contributed by atoms with Crippen LogP contribution >= 0.6 is 0 Å². The first-order valence-electron chi connectivity index (χ1n) is 9.31. The molecule has 0 saturated carbocycles. The lowest BCUT2D eigenvalue weighted by atomic mass is 9.98. The molecule has 1 fully saturated rings. The van der Waals surface area contributed by atoms with Crippen LogP contribution in [0.4, 0.5) is 0 Å². The van der Waals surface area contributed by atoms with Crippen molar-refractivity contribution < 1.29 is 9.84 Å². The van der Waals surface area contributed by atoms with Crippen molar-refractivity contribution in [2.45, 2.75) is 71.4 Å². The molecule has 23 heavy (non-hydrogen) atoms. The third-order valence-electron chi connectivity index (χ3n) is 4.90. The van der Waals surface area contributed by atoms with Crippen LogP contribution in [0.1, 0.15) is 69.6 Å². The maximum absolute atomic E-state index is 10.7. The molecule has 0 spiro atoms. The van der Waals surface area contributed by atoms with E-state index in [1.807, 2.05) is 6.07 Å². The summed E-state index contributed by atoms with van der Waals surface area (Å²) >= 11 is 0. The largest absolute Gasteiger partial charge is 0.493 e. The van der Waals surface area contributed by atoms with Gasteiger partial charge in [0.15, 0.2) is 0 Å². The van der Waals surface area contributed by atoms with Crippen molar-refractivity contribution in [2.24, 2.45) is 0 Å². The van der Waals surface area contributed by atoms with Crippen LogP contribution in [0.15, 0.2) is 18.2 Å². The van der Waals surface area contributed by atoms with Crippen molar-refractivity contribution in [1.29, 1.82) is 0 Å². The van der Waals surface area contributed by atoms with Gasteiger partial charge in [0.25, 0.3) is 0 Å². The van der Waals surface area contributed by atoms with Gasteiger partial charge in [-0.25, -0.2) is 0 Å². The highest BCUT2D eigenvalue weighted by Gasteiger charge is 2.22. The summed E-state index contributed by atoms with van der Waals surface area (Å²) in [6.45, 7) is 9.30. The fourth-order valence-electron chi connectivity index (χ4n) is 3.53. The molecular weight excluding hydrogens is 286 g/mol. The number of ether oxygens (including phenoxy) is 1. The average Bonchev–Trinajstić information content (AvgIpc) is 2.58. The third kappa shape index (κ3) is 5.22. The maximum Gasteiger partial charge on any atom is 0.125 e. The number of aliphatic hydroxyl groups is 1. The second-order valence-electron chi connectivity index (χ2n) is 6.79. The standard InChI is InChI=1S/C20H33NO2/c1-4-14-23-20-10-9-16(3)15-18(20)19(22)11-13-21-12-7-6-8-17(21)5-2/h9-10,15,17,19,22H,4-8,11-14H2,1-3H3. The minimum atomic E-state index is -0.443. The second kappa shape index (κ2) is 9.29. The number of aliphatic hydroxyl groups excluding tert-OH is 1. The summed E-state index contributed by atoms with van der Waals surface area (Å²) in [6, 6.07) is 6.82. The molecule has 1 aromatic rings. The van der Waals surface area contributed by atoms with E-state index in [4.69, 9.17) is 4.74 Å². The molecule has 0 bridgehead atoms. The number of hydrogen-bond acceptors (Lipinski definition) is 3. The Bertz CT molecular complexity index is 475. The zero-order chi connectivity index (χ0) is 16.7.